The molecule has 1 aliphatic heterocycles. The fourth-order valence-electron chi connectivity index (χ4n) is 3.37. The Morgan fingerprint density at radius 3 is 2.68 bits per heavy atom. The van der Waals surface area contributed by atoms with Crippen LogP contribution in [0.1, 0.15) is 36.1 Å². The van der Waals surface area contributed by atoms with Gasteiger partial charge in [-0.25, -0.2) is 24.9 Å². The summed E-state index contributed by atoms with van der Waals surface area (Å²) in [5.74, 6) is 2.64. The average Bonchev–Trinajstić information content (AvgIpc) is 3.23. The third-order valence-electron chi connectivity index (χ3n) is 4.56. The van der Waals surface area contributed by atoms with Gasteiger partial charge < -0.3 is 9.47 Å². The molecule has 0 radical (unpaired) electrons. The Morgan fingerprint density at radius 2 is 1.92 bits per heavy atom. The summed E-state index contributed by atoms with van der Waals surface area (Å²) in [5.41, 5.74) is 2.78. The summed E-state index contributed by atoms with van der Waals surface area (Å²) in [5, 5.41) is 0. The molecular weight excluding hydrogens is 314 g/mol. The number of nitrogens with zero attached hydrogens (tertiary/aromatic N) is 7. The summed E-state index contributed by atoms with van der Waals surface area (Å²) in [6.45, 7) is 4.94. The smallest absolute Gasteiger partial charge is 0.158 e. The van der Waals surface area contributed by atoms with E-state index < -0.39 is 0 Å². The third kappa shape index (κ3) is 2.97. The molecule has 0 aromatic carbocycles. The second kappa shape index (κ2) is 6.23. The number of hydrogen-bond acceptors (Lipinski definition) is 6. The van der Waals surface area contributed by atoms with Crippen LogP contribution in [-0.4, -0.2) is 36.0 Å². The van der Waals surface area contributed by atoms with Crippen LogP contribution in [0.25, 0.3) is 11.5 Å². The van der Waals surface area contributed by atoms with Gasteiger partial charge in [-0.05, 0) is 32.8 Å². The molecule has 0 amide bonds. The van der Waals surface area contributed by atoms with Crippen LogP contribution in [0.4, 0.5) is 5.82 Å². The van der Waals surface area contributed by atoms with Crippen molar-refractivity contribution in [2.75, 3.05) is 11.4 Å². The van der Waals surface area contributed by atoms with Crippen LogP contribution in [0.15, 0.2) is 30.9 Å². The number of imidazole rings is 1. The number of aromatic nitrogens is 6. The molecule has 7 nitrogen and oxygen atoms in total. The predicted octanol–water partition coefficient (Wildman–Crippen LogP) is 2.63. The molecule has 3 aromatic rings. The standard InChI is InChI=1S/C18H21N7/c1-12-10-16(21-11-20-12)25-7-4-5-15(25)17-22-13(2)9-14(23-17)18-19-6-8-24(18)3/h6,8-11,15H,4-5,7H2,1-3H3. The van der Waals surface area contributed by atoms with Gasteiger partial charge in [0.15, 0.2) is 11.6 Å². The fraction of sp³-hybridized carbons (Fsp3) is 0.389. The van der Waals surface area contributed by atoms with Crippen molar-refractivity contribution in [1.82, 2.24) is 29.5 Å². The second-order valence-corrected chi connectivity index (χ2v) is 6.48. The van der Waals surface area contributed by atoms with Gasteiger partial charge in [0.1, 0.15) is 17.8 Å². The molecule has 1 aliphatic rings. The van der Waals surface area contributed by atoms with Gasteiger partial charge in [0.05, 0.1) is 6.04 Å². The van der Waals surface area contributed by atoms with E-state index in [1.165, 1.54) is 0 Å². The van der Waals surface area contributed by atoms with E-state index in [1.807, 2.05) is 43.8 Å². The number of hydrogen-bond donors (Lipinski definition) is 0. The molecule has 0 bridgehead atoms. The molecule has 7 heteroatoms. The number of anilines is 1. The number of aryl methyl sites for hydroxylation is 3. The first-order valence-corrected chi connectivity index (χ1v) is 8.50. The van der Waals surface area contributed by atoms with E-state index in [9.17, 15) is 0 Å². The molecule has 25 heavy (non-hydrogen) atoms. The molecule has 0 N–H and O–H groups in total. The zero-order valence-electron chi connectivity index (χ0n) is 14.7. The third-order valence-corrected chi connectivity index (χ3v) is 4.56. The molecule has 128 valence electrons. The zero-order valence-corrected chi connectivity index (χ0v) is 14.7. The highest BCUT2D eigenvalue weighted by molar-refractivity contribution is 5.51. The van der Waals surface area contributed by atoms with Crippen molar-refractivity contribution in [2.45, 2.75) is 32.7 Å². The van der Waals surface area contributed by atoms with Gasteiger partial charge in [-0.2, -0.15) is 0 Å². The predicted molar refractivity (Wildman–Crippen MR) is 95.1 cm³/mol. The summed E-state index contributed by atoms with van der Waals surface area (Å²) < 4.78 is 1.98. The van der Waals surface area contributed by atoms with Crippen LogP contribution in [0.2, 0.25) is 0 Å². The van der Waals surface area contributed by atoms with Crippen molar-refractivity contribution in [3.05, 3.63) is 48.1 Å². The van der Waals surface area contributed by atoms with Crippen LogP contribution < -0.4 is 4.90 Å². The van der Waals surface area contributed by atoms with Gasteiger partial charge in [-0.3, -0.25) is 0 Å². The van der Waals surface area contributed by atoms with E-state index in [-0.39, 0.29) is 6.04 Å². The van der Waals surface area contributed by atoms with Crippen molar-refractivity contribution in [2.24, 2.45) is 7.05 Å². The van der Waals surface area contributed by atoms with Crippen molar-refractivity contribution >= 4 is 5.82 Å². The highest BCUT2D eigenvalue weighted by Crippen LogP contribution is 2.34. The lowest BCUT2D eigenvalue weighted by molar-refractivity contribution is 0.656. The fourth-order valence-corrected chi connectivity index (χ4v) is 3.37. The Kier molecular flexibility index (Phi) is 3.91. The summed E-state index contributed by atoms with van der Waals surface area (Å²) in [6.07, 6.45) is 7.46. The highest BCUT2D eigenvalue weighted by atomic mass is 15.3. The molecule has 1 fully saturated rings. The summed E-state index contributed by atoms with van der Waals surface area (Å²) >= 11 is 0. The van der Waals surface area contributed by atoms with Gasteiger partial charge in [-0.15, -0.1) is 0 Å². The Labute approximate surface area is 146 Å². The Balaban J connectivity index is 1.73. The van der Waals surface area contributed by atoms with Crippen molar-refractivity contribution in [3.8, 4) is 11.5 Å². The maximum Gasteiger partial charge on any atom is 0.158 e. The monoisotopic (exact) mass is 335 g/mol. The number of rotatable bonds is 3. The summed E-state index contributed by atoms with van der Waals surface area (Å²) in [6, 6.07) is 4.14. The normalized spacial score (nSPS) is 17.2. The van der Waals surface area contributed by atoms with E-state index in [2.05, 4.69) is 19.9 Å². The topological polar surface area (TPSA) is 72.6 Å². The van der Waals surface area contributed by atoms with Crippen molar-refractivity contribution in [3.63, 3.8) is 0 Å². The minimum Gasteiger partial charge on any atom is -0.346 e. The quantitative estimate of drug-likeness (QED) is 0.732. The Bertz CT molecular complexity index is 902. The van der Waals surface area contributed by atoms with Gasteiger partial charge in [0.2, 0.25) is 0 Å². The van der Waals surface area contributed by atoms with E-state index in [0.29, 0.717) is 0 Å². The van der Waals surface area contributed by atoms with Gasteiger partial charge in [-0.1, -0.05) is 0 Å². The van der Waals surface area contributed by atoms with Gasteiger partial charge in [0.25, 0.3) is 0 Å². The largest absolute Gasteiger partial charge is 0.346 e. The first kappa shape index (κ1) is 15.7. The lowest BCUT2D eigenvalue weighted by Gasteiger charge is -2.25. The maximum absolute atomic E-state index is 4.84. The van der Waals surface area contributed by atoms with Crippen LogP contribution in [0.3, 0.4) is 0 Å². The van der Waals surface area contributed by atoms with E-state index in [4.69, 9.17) is 9.97 Å². The zero-order chi connectivity index (χ0) is 17.4. The van der Waals surface area contributed by atoms with Crippen LogP contribution in [0, 0.1) is 13.8 Å². The second-order valence-electron chi connectivity index (χ2n) is 6.48. The van der Waals surface area contributed by atoms with Gasteiger partial charge >= 0.3 is 0 Å². The van der Waals surface area contributed by atoms with Crippen molar-refractivity contribution < 1.29 is 0 Å². The maximum atomic E-state index is 4.84. The molecule has 0 spiro atoms. The SMILES string of the molecule is Cc1cc(N2CCCC2c2nc(C)cc(-c3nccn3C)n2)ncn1. The molecule has 4 rings (SSSR count). The Morgan fingerprint density at radius 1 is 1.04 bits per heavy atom. The molecular formula is C18H21N7. The van der Waals surface area contributed by atoms with Crippen LogP contribution in [0.5, 0.6) is 0 Å². The average molecular weight is 335 g/mol. The molecule has 1 atom stereocenters. The lowest BCUT2D eigenvalue weighted by atomic mass is 10.2. The highest BCUT2D eigenvalue weighted by Gasteiger charge is 2.30. The lowest BCUT2D eigenvalue weighted by Crippen LogP contribution is -2.25. The Hall–Kier alpha value is -2.83. The first-order chi connectivity index (χ1) is 12.1. The van der Waals surface area contributed by atoms with Crippen molar-refractivity contribution in [1.29, 1.82) is 0 Å². The molecule has 1 unspecified atom stereocenters. The molecule has 0 aliphatic carbocycles. The van der Waals surface area contributed by atoms with E-state index >= 15 is 0 Å². The molecule has 0 saturated carbocycles. The van der Waals surface area contributed by atoms with E-state index in [1.54, 1.807) is 12.5 Å². The van der Waals surface area contributed by atoms with Crippen LogP contribution in [-0.2, 0) is 7.05 Å². The molecule has 3 aromatic heterocycles. The van der Waals surface area contributed by atoms with Gasteiger partial charge in [0, 0.05) is 43.4 Å². The summed E-state index contributed by atoms with van der Waals surface area (Å²) in [4.78, 5) is 24.9. The minimum atomic E-state index is 0.133. The first-order valence-electron chi connectivity index (χ1n) is 8.50. The minimum absolute atomic E-state index is 0.133. The van der Waals surface area contributed by atoms with Crippen LogP contribution >= 0.6 is 0 Å². The summed E-state index contributed by atoms with van der Waals surface area (Å²) in [7, 11) is 1.98. The van der Waals surface area contributed by atoms with E-state index in [0.717, 1.165) is 53.9 Å². The molecule has 4 heterocycles. The molecule has 1 saturated heterocycles.